The summed E-state index contributed by atoms with van der Waals surface area (Å²) in [6.45, 7) is 12.7. The predicted octanol–water partition coefficient (Wildman–Crippen LogP) is 2.49. The lowest BCUT2D eigenvalue weighted by Crippen LogP contribution is -2.55. The second-order valence-electron chi connectivity index (χ2n) is 8.64. The third-order valence-corrected chi connectivity index (χ3v) is 5.82. The van der Waals surface area contributed by atoms with E-state index in [0.717, 1.165) is 5.56 Å². The minimum atomic E-state index is -0.609. The molecule has 2 heterocycles. The lowest BCUT2D eigenvalue weighted by atomic mass is 9.94. The Balaban J connectivity index is 1.91. The smallest absolute Gasteiger partial charge is 0.338 e. The van der Waals surface area contributed by atoms with Crippen LogP contribution >= 0.6 is 0 Å². The zero-order chi connectivity index (χ0) is 24.7. The highest BCUT2D eigenvalue weighted by molar-refractivity contribution is 5.95. The molecule has 1 atom stereocenters. The first-order chi connectivity index (χ1) is 16.3. The number of hydrogen-bond donors (Lipinski definition) is 2. The van der Waals surface area contributed by atoms with Crippen molar-refractivity contribution in [2.24, 2.45) is 0 Å². The molecule has 0 spiro atoms. The van der Waals surface area contributed by atoms with Gasteiger partial charge in [-0.2, -0.15) is 0 Å². The summed E-state index contributed by atoms with van der Waals surface area (Å²) in [6.07, 6.45) is 1.64. The monoisotopic (exact) mass is 469 g/mol. The van der Waals surface area contributed by atoms with Crippen molar-refractivity contribution >= 4 is 18.0 Å². The summed E-state index contributed by atoms with van der Waals surface area (Å²) in [7, 11) is 0. The number of nitrogens with zero attached hydrogens (tertiary/aromatic N) is 3. The molecule has 1 saturated heterocycles. The number of hydrogen-bond acceptors (Lipinski definition) is 5. The van der Waals surface area contributed by atoms with E-state index < -0.39 is 12.0 Å². The standard InChI is InChI=1S/C25H35N5O4/c1-5-12-30-20(17-28-13-15-29(16-14-28)24(32)26-18(3)4)21(23(31)34-6-2)22(27-25(30)33)19-10-8-7-9-11-19/h5,7-11,18,22H,1,6,12-17H2,2-4H3,(H,26,32)(H,27,33)/t22-/m1/s1. The molecule has 9 nitrogen and oxygen atoms in total. The molecular weight excluding hydrogens is 434 g/mol. The number of esters is 1. The highest BCUT2D eigenvalue weighted by Crippen LogP contribution is 2.32. The summed E-state index contributed by atoms with van der Waals surface area (Å²) in [5.41, 5.74) is 1.84. The van der Waals surface area contributed by atoms with Crippen molar-refractivity contribution in [1.29, 1.82) is 0 Å². The third kappa shape index (κ3) is 5.96. The number of urea groups is 2. The van der Waals surface area contributed by atoms with E-state index in [1.54, 1.807) is 22.8 Å². The number of benzene rings is 1. The fourth-order valence-corrected chi connectivity index (χ4v) is 4.20. The Morgan fingerprint density at radius 2 is 1.88 bits per heavy atom. The Morgan fingerprint density at radius 3 is 2.47 bits per heavy atom. The first kappa shape index (κ1) is 25.3. The molecule has 184 valence electrons. The third-order valence-electron chi connectivity index (χ3n) is 5.82. The molecule has 2 N–H and O–H groups in total. The molecule has 0 aromatic heterocycles. The Morgan fingerprint density at radius 1 is 1.21 bits per heavy atom. The quantitative estimate of drug-likeness (QED) is 0.451. The van der Waals surface area contributed by atoms with Crippen molar-refractivity contribution in [3.05, 3.63) is 59.8 Å². The van der Waals surface area contributed by atoms with Gasteiger partial charge < -0.3 is 20.3 Å². The van der Waals surface area contributed by atoms with Gasteiger partial charge in [0, 0.05) is 51.0 Å². The molecule has 1 aromatic carbocycles. The van der Waals surface area contributed by atoms with Crippen LogP contribution in [-0.4, -0.2) is 84.6 Å². The molecule has 0 bridgehead atoms. The van der Waals surface area contributed by atoms with Gasteiger partial charge in [-0.25, -0.2) is 14.4 Å². The fraction of sp³-hybridized carbons (Fsp3) is 0.480. The SMILES string of the molecule is C=CCN1C(=O)N[C@H](c2ccccc2)C(C(=O)OCC)=C1CN1CCN(C(=O)NC(C)C)CC1. The molecule has 0 saturated carbocycles. The van der Waals surface area contributed by atoms with Crippen LogP contribution in [0.5, 0.6) is 0 Å². The topological polar surface area (TPSA) is 94.2 Å². The van der Waals surface area contributed by atoms with E-state index in [-0.39, 0.29) is 31.3 Å². The maximum atomic E-state index is 13.2. The number of nitrogens with one attached hydrogen (secondary N) is 2. The average Bonchev–Trinajstić information content (AvgIpc) is 2.81. The lowest BCUT2D eigenvalue weighted by Gasteiger charge is -2.40. The average molecular weight is 470 g/mol. The van der Waals surface area contributed by atoms with Crippen molar-refractivity contribution in [2.75, 3.05) is 45.9 Å². The van der Waals surface area contributed by atoms with Crippen LogP contribution in [0, 0.1) is 0 Å². The van der Waals surface area contributed by atoms with Crippen molar-refractivity contribution < 1.29 is 19.1 Å². The van der Waals surface area contributed by atoms with Crippen molar-refractivity contribution in [2.45, 2.75) is 32.9 Å². The summed E-state index contributed by atoms with van der Waals surface area (Å²) in [5, 5.41) is 5.89. The van der Waals surface area contributed by atoms with Gasteiger partial charge in [0.1, 0.15) is 0 Å². The van der Waals surface area contributed by atoms with Gasteiger partial charge >= 0.3 is 18.0 Å². The predicted molar refractivity (Wildman–Crippen MR) is 130 cm³/mol. The Bertz CT molecular complexity index is 922. The zero-order valence-electron chi connectivity index (χ0n) is 20.3. The van der Waals surface area contributed by atoms with E-state index in [2.05, 4.69) is 22.1 Å². The van der Waals surface area contributed by atoms with E-state index in [1.165, 1.54) is 0 Å². The number of piperazine rings is 1. The molecule has 9 heteroatoms. The van der Waals surface area contributed by atoms with Crippen molar-refractivity contribution in [1.82, 2.24) is 25.3 Å². The molecule has 34 heavy (non-hydrogen) atoms. The van der Waals surface area contributed by atoms with E-state index in [4.69, 9.17) is 4.74 Å². The van der Waals surface area contributed by atoms with Gasteiger partial charge in [0.2, 0.25) is 0 Å². The maximum Gasteiger partial charge on any atom is 0.338 e. The second kappa shape index (κ2) is 11.7. The summed E-state index contributed by atoms with van der Waals surface area (Å²) in [4.78, 5) is 44.1. The van der Waals surface area contributed by atoms with Crippen molar-refractivity contribution in [3.8, 4) is 0 Å². The van der Waals surface area contributed by atoms with Gasteiger partial charge in [-0.1, -0.05) is 36.4 Å². The van der Waals surface area contributed by atoms with Gasteiger partial charge in [0.15, 0.2) is 0 Å². The fourth-order valence-electron chi connectivity index (χ4n) is 4.20. The number of rotatable bonds is 8. The minimum Gasteiger partial charge on any atom is -0.463 e. The highest BCUT2D eigenvalue weighted by Gasteiger charge is 2.38. The second-order valence-corrected chi connectivity index (χ2v) is 8.64. The molecule has 2 aliphatic rings. The molecule has 4 amide bonds. The molecule has 0 aliphatic carbocycles. The first-order valence-corrected chi connectivity index (χ1v) is 11.8. The van der Waals surface area contributed by atoms with Crippen LogP contribution in [0.25, 0.3) is 0 Å². The Kier molecular flexibility index (Phi) is 8.70. The first-order valence-electron chi connectivity index (χ1n) is 11.8. The molecule has 0 unspecified atom stereocenters. The largest absolute Gasteiger partial charge is 0.463 e. The van der Waals surface area contributed by atoms with Crippen LogP contribution in [0.1, 0.15) is 32.4 Å². The van der Waals surface area contributed by atoms with E-state index in [1.807, 2.05) is 44.2 Å². The number of carbonyl (C=O) groups is 3. The van der Waals surface area contributed by atoms with Gasteiger partial charge in [0.25, 0.3) is 0 Å². The van der Waals surface area contributed by atoms with Crippen LogP contribution in [0.3, 0.4) is 0 Å². The van der Waals surface area contributed by atoms with Crippen LogP contribution in [0.4, 0.5) is 9.59 Å². The molecule has 1 fully saturated rings. The summed E-state index contributed by atoms with van der Waals surface area (Å²) in [6, 6.07) is 8.52. The van der Waals surface area contributed by atoms with Gasteiger partial charge in [-0.05, 0) is 26.3 Å². The van der Waals surface area contributed by atoms with Crippen LogP contribution < -0.4 is 10.6 Å². The summed E-state index contributed by atoms with van der Waals surface area (Å²) < 4.78 is 5.42. The minimum absolute atomic E-state index is 0.0736. The normalized spacial score (nSPS) is 19.2. The Hall–Kier alpha value is -3.33. The number of ether oxygens (including phenoxy) is 1. The maximum absolute atomic E-state index is 13.2. The molecule has 0 radical (unpaired) electrons. The van der Waals surface area contributed by atoms with Gasteiger partial charge in [0.05, 0.1) is 18.2 Å². The number of amides is 4. The van der Waals surface area contributed by atoms with Crippen molar-refractivity contribution in [3.63, 3.8) is 0 Å². The highest BCUT2D eigenvalue weighted by atomic mass is 16.5. The van der Waals surface area contributed by atoms with Crippen LogP contribution in [0.2, 0.25) is 0 Å². The van der Waals surface area contributed by atoms with E-state index >= 15 is 0 Å². The summed E-state index contributed by atoms with van der Waals surface area (Å²) in [5.74, 6) is -0.449. The molecular formula is C25H35N5O4. The zero-order valence-corrected chi connectivity index (χ0v) is 20.3. The number of carbonyl (C=O) groups excluding carboxylic acids is 3. The molecule has 1 aromatic rings. The molecule has 3 rings (SSSR count). The van der Waals surface area contributed by atoms with E-state index in [0.29, 0.717) is 44.0 Å². The van der Waals surface area contributed by atoms with Crippen LogP contribution in [0.15, 0.2) is 54.3 Å². The lowest BCUT2D eigenvalue weighted by molar-refractivity contribution is -0.139. The van der Waals surface area contributed by atoms with Crippen LogP contribution in [-0.2, 0) is 9.53 Å². The summed E-state index contributed by atoms with van der Waals surface area (Å²) >= 11 is 0. The van der Waals surface area contributed by atoms with Gasteiger partial charge in [-0.15, -0.1) is 6.58 Å². The van der Waals surface area contributed by atoms with E-state index in [9.17, 15) is 14.4 Å². The Labute approximate surface area is 201 Å². The molecule has 2 aliphatic heterocycles. The van der Waals surface area contributed by atoms with Gasteiger partial charge in [-0.3, -0.25) is 9.80 Å².